The Hall–Kier alpha value is -0.900. The molecule has 2 aromatic rings. The van der Waals surface area contributed by atoms with Crippen molar-refractivity contribution in [3.05, 3.63) is 40.4 Å². The highest BCUT2D eigenvalue weighted by Crippen LogP contribution is 2.32. The third kappa shape index (κ3) is 2.20. The normalized spacial score (nSPS) is 12.7. The molecular weight excluding hydrogens is 228 g/mol. The fourth-order valence-electron chi connectivity index (χ4n) is 1.26. The van der Waals surface area contributed by atoms with Crippen molar-refractivity contribution in [2.75, 3.05) is 0 Å². The van der Waals surface area contributed by atoms with Gasteiger partial charge in [-0.05, 0) is 13.0 Å². The molecule has 0 bridgehead atoms. The predicted octanol–water partition coefficient (Wildman–Crippen LogP) is 3.48. The van der Waals surface area contributed by atoms with Crippen LogP contribution in [0.15, 0.2) is 30.5 Å². The Morgan fingerprint density at radius 3 is 2.73 bits per heavy atom. The van der Waals surface area contributed by atoms with Crippen molar-refractivity contribution in [2.45, 2.75) is 13.0 Å². The van der Waals surface area contributed by atoms with Crippen molar-refractivity contribution in [2.24, 2.45) is 5.73 Å². The molecule has 0 aliphatic rings. The molecule has 1 atom stereocenters. The summed E-state index contributed by atoms with van der Waals surface area (Å²) >= 11 is 7.67. The number of thiazole rings is 1. The number of rotatable bonds is 2. The van der Waals surface area contributed by atoms with E-state index in [0.29, 0.717) is 0 Å². The molecule has 2 nitrogen and oxygen atoms in total. The third-order valence-corrected chi connectivity index (χ3v) is 3.64. The van der Waals surface area contributed by atoms with Crippen molar-refractivity contribution in [1.82, 2.24) is 4.98 Å². The van der Waals surface area contributed by atoms with Gasteiger partial charge in [-0.1, -0.05) is 29.8 Å². The van der Waals surface area contributed by atoms with Crippen LogP contribution in [0.5, 0.6) is 0 Å². The zero-order chi connectivity index (χ0) is 10.8. The second-order valence-electron chi connectivity index (χ2n) is 3.34. The Balaban J connectivity index is 2.42. The van der Waals surface area contributed by atoms with Crippen LogP contribution in [0.4, 0.5) is 0 Å². The molecule has 1 heterocycles. The van der Waals surface area contributed by atoms with Gasteiger partial charge in [-0.2, -0.15) is 0 Å². The van der Waals surface area contributed by atoms with Gasteiger partial charge in [0.1, 0.15) is 5.01 Å². The highest BCUT2D eigenvalue weighted by Gasteiger charge is 2.09. The molecule has 0 radical (unpaired) electrons. The third-order valence-electron chi connectivity index (χ3n) is 2.08. The molecule has 4 heteroatoms. The molecule has 0 saturated carbocycles. The van der Waals surface area contributed by atoms with E-state index >= 15 is 0 Å². The molecule has 0 aliphatic carbocycles. The summed E-state index contributed by atoms with van der Waals surface area (Å²) in [6.45, 7) is 1.95. The minimum atomic E-state index is 0.0266. The molecule has 0 aliphatic heterocycles. The SMILES string of the molecule is CC(N)c1cnc(-c2ccccc2Cl)s1. The number of nitrogens with two attached hydrogens (primary N) is 1. The average molecular weight is 239 g/mol. The fourth-order valence-corrected chi connectivity index (χ4v) is 2.45. The zero-order valence-corrected chi connectivity index (χ0v) is 9.85. The first-order chi connectivity index (χ1) is 7.18. The van der Waals surface area contributed by atoms with Gasteiger partial charge in [-0.25, -0.2) is 4.98 Å². The molecule has 1 aromatic carbocycles. The molecule has 0 amide bonds. The van der Waals surface area contributed by atoms with Crippen molar-refractivity contribution in [1.29, 1.82) is 0 Å². The number of halogens is 1. The van der Waals surface area contributed by atoms with Crippen LogP contribution in [0.2, 0.25) is 5.02 Å². The minimum Gasteiger partial charge on any atom is -0.323 e. The van der Waals surface area contributed by atoms with Crippen molar-refractivity contribution >= 4 is 22.9 Å². The smallest absolute Gasteiger partial charge is 0.125 e. The van der Waals surface area contributed by atoms with Gasteiger partial charge in [0.25, 0.3) is 0 Å². The first-order valence-electron chi connectivity index (χ1n) is 4.64. The summed E-state index contributed by atoms with van der Waals surface area (Å²) in [6, 6.07) is 7.72. The molecule has 1 aromatic heterocycles. The molecular formula is C11H11ClN2S. The monoisotopic (exact) mass is 238 g/mol. The van der Waals surface area contributed by atoms with E-state index in [1.165, 1.54) is 0 Å². The Morgan fingerprint density at radius 1 is 1.40 bits per heavy atom. The number of nitrogens with zero attached hydrogens (tertiary/aromatic N) is 1. The molecule has 0 spiro atoms. The summed E-state index contributed by atoms with van der Waals surface area (Å²) in [5, 5.41) is 1.65. The van der Waals surface area contributed by atoms with Crippen LogP contribution in [0.25, 0.3) is 10.6 Å². The van der Waals surface area contributed by atoms with E-state index in [4.69, 9.17) is 17.3 Å². The summed E-state index contributed by atoms with van der Waals surface area (Å²) in [4.78, 5) is 5.40. The van der Waals surface area contributed by atoms with Crippen LogP contribution >= 0.6 is 22.9 Å². The van der Waals surface area contributed by atoms with Gasteiger partial charge in [-0.15, -0.1) is 11.3 Å². The second kappa shape index (κ2) is 4.31. The largest absolute Gasteiger partial charge is 0.323 e. The molecule has 1 unspecified atom stereocenters. The summed E-state index contributed by atoms with van der Waals surface area (Å²) < 4.78 is 0. The van der Waals surface area contributed by atoms with Gasteiger partial charge >= 0.3 is 0 Å². The Bertz CT molecular complexity index is 465. The standard InChI is InChI=1S/C11H11ClN2S/c1-7(13)10-6-14-11(15-10)8-4-2-3-5-9(8)12/h2-7H,13H2,1H3. The van der Waals surface area contributed by atoms with Gasteiger partial charge < -0.3 is 5.73 Å². The van der Waals surface area contributed by atoms with Crippen molar-refractivity contribution in [3.63, 3.8) is 0 Å². The van der Waals surface area contributed by atoms with E-state index in [1.54, 1.807) is 11.3 Å². The lowest BCUT2D eigenvalue weighted by Crippen LogP contribution is -2.01. The van der Waals surface area contributed by atoms with Crippen LogP contribution in [-0.2, 0) is 0 Å². The van der Waals surface area contributed by atoms with Crippen molar-refractivity contribution < 1.29 is 0 Å². The van der Waals surface area contributed by atoms with Crippen LogP contribution in [0.3, 0.4) is 0 Å². The van der Waals surface area contributed by atoms with Crippen LogP contribution in [-0.4, -0.2) is 4.98 Å². The molecule has 0 fully saturated rings. The van der Waals surface area contributed by atoms with Crippen molar-refractivity contribution in [3.8, 4) is 10.6 Å². The number of benzene rings is 1. The maximum atomic E-state index is 6.08. The fraction of sp³-hybridized carbons (Fsp3) is 0.182. The maximum absolute atomic E-state index is 6.08. The second-order valence-corrected chi connectivity index (χ2v) is 4.81. The molecule has 2 N–H and O–H groups in total. The molecule has 2 rings (SSSR count). The average Bonchev–Trinajstić information content (AvgIpc) is 2.67. The van der Waals surface area contributed by atoms with Gasteiger partial charge in [0.05, 0.1) is 5.02 Å². The predicted molar refractivity (Wildman–Crippen MR) is 65.2 cm³/mol. The number of aromatic nitrogens is 1. The summed E-state index contributed by atoms with van der Waals surface area (Å²) in [5.41, 5.74) is 6.75. The topological polar surface area (TPSA) is 38.9 Å². The lowest BCUT2D eigenvalue weighted by Gasteiger charge is -1.99. The summed E-state index contributed by atoms with van der Waals surface area (Å²) in [6.07, 6.45) is 1.81. The van der Waals surface area contributed by atoms with Gasteiger partial charge in [0, 0.05) is 22.7 Å². The van der Waals surface area contributed by atoms with Gasteiger partial charge in [0.15, 0.2) is 0 Å². The molecule has 0 saturated heterocycles. The maximum Gasteiger partial charge on any atom is 0.125 e. The number of hydrogen-bond donors (Lipinski definition) is 1. The van der Waals surface area contributed by atoms with E-state index in [2.05, 4.69) is 4.98 Å². The van der Waals surface area contributed by atoms with E-state index < -0.39 is 0 Å². The zero-order valence-electron chi connectivity index (χ0n) is 8.27. The first-order valence-corrected chi connectivity index (χ1v) is 5.84. The van der Waals surface area contributed by atoms with Crippen LogP contribution in [0.1, 0.15) is 17.8 Å². The Morgan fingerprint density at radius 2 is 2.13 bits per heavy atom. The molecule has 15 heavy (non-hydrogen) atoms. The summed E-state index contributed by atoms with van der Waals surface area (Å²) in [5.74, 6) is 0. The van der Waals surface area contributed by atoms with E-state index in [0.717, 1.165) is 20.5 Å². The quantitative estimate of drug-likeness (QED) is 0.870. The minimum absolute atomic E-state index is 0.0266. The van der Waals surface area contributed by atoms with Crippen LogP contribution in [0, 0.1) is 0 Å². The van der Waals surface area contributed by atoms with E-state index in [1.807, 2.05) is 37.4 Å². The lowest BCUT2D eigenvalue weighted by atomic mass is 10.2. The highest BCUT2D eigenvalue weighted by molar-refractivity contribution is 7.15. The number of hydrogen-bond acceptors (Lipinski definition) is 3. The lowest BCUT2D eigenvalue weighted by molar-refractivity contribution is 0.835. The first kappa shape index (κ1) is 10.6. The van der Waals surface area contributed by atoms with E-state index in [9.17, 15) is 0 Å². The van der Waals surface area contributed by atoms with Gasteiger partial charge in [-0.3, -0.25) is 0 Å². The Labute approximate surface area is 97.7 Å². The summed E-state index contributed by atoms with van der Waals surface area (Å²) in [7, 11) is 0. The Kier molecular flexibility index (Phi) is 3.05. The van der Waals surface area contributed by atoms with Gasteiger partial charge in [0.2, 0.25) is 0 Å². The van der Waals surface area contributed by atoms with E-state index in [-0.39, 0.29) is 6.04 Å². The highest BCUT2D eigenvalue weighted by atomic mass is 35.5. The molecule has 78 valence electrons. The van der Waals surface area contributed by atoms with Crippen LogP contribution < -0.4 is 5.73 Å².